The summed E-state index contributed by atoms with van der Waals surface area (Å²) in [5.41, 5.74) is 0.540. The van der Waals surface area contributed by atoms with Crippen molar-refractivity contribution in [1.82, 2.24) is 4.98 Å². The smallest absolute Gasteiger partial charge is 0.293 e. The van der Waals surface area contributed by atoms with Crippen LogP contribution in [0.2, 0.25) is 10.0 Å². The average Bonchev–Trinajstić information content (AvgIpc) is 2.70. The second-order valence-corrected chi connectivity index (χ2v) is 4.14. The van der Waals surface area contributed by atoms with Gasteiger partial charge in [0.15, 0.2) is 5.89 Å². The Bertz CT molecular complexity index is 566. The maximum Gasteiger partial charge on any atom is 0.293 e. The molecule has 0 saturated heterocycles. The number of halogens is 2. The zero-order valence-corrected chi connectivity index (χ0v) is 10.3. The Balaban J connectivity index is 2.15. The molecule has 17 heavy (non-hydrogen) atoms. The van der Waals surface area contributed by atoms with E-state index >= 15 is 0 Å². The number of anilines is 1. The molecule has 88 valence electrons. The number of benzene rings is 1. The van der Waals surface area contributed by atoms with Gasteiger partial charge in [-0.25, -0.2) is 4.98 Å². The Morgan fingerprint density at radius 1 is 1.35 bits per heavy atom. The molecule has 0 radical (unpaired) electrons. The van der Waals surface area contributed by atoms with Crippen LogP contribution < -0.4 is 5.32 Å². The number of aryl methyl sites for hydroxylation is 1. The maximum absolute atomic E-state index is 11.7. The van der Waals surface area contributed by atoms with E-state index < -0.39 is 0 Å². The predicted octanol–water partition coefficient (Wildman–Crippen LogP) is 3.54. The lowest BCUT2D eigenvalue weighted by Gasteiger charge is -2.03. The van der Waals surface area contributed by atoms with E-state index in [1.807, 2.05) is 0 Å². The Hall–Kier alpha value is -1.52. The molecule has 1 aromatic heterocycles. The summed E-state index contributed by atoms with van der Waals surface area (Å²) in [5, 5.41) is 3.43. The number of rotatable bonds is 2. The zero-order chi connectivity index (χ0) is 12.4. The maximum atomic E-state index is 11.7. The monoisotopic (exact) mass is 270 g/mol. The van der Waals surface area contributed by atoms with E-state index in [0.717, 1.165) is 0 Å². The van der Waals surface area contributed by atoms with Crippen LogP contribution in [-0.2, 0) is 0 Å². The molecule has 0 fully saturated rings. The van der Waals surface area contributed by atoms with E-state index in [1.165, 1.54) is 6.20 Å². The van der Waals surface area contributed by atoms with Crippen LogP contribution in [-0.4, -0.2) is 10.9 Å². The van der Waals surface area contributed by atoms with Crippen molar-refractivity contribution in [3.05, 3.63) is 46.1 Å². The van der Waals surface area contributed by atoms with E-state index in [1.54, 1.807) is 25.1 Å². The summed E-state index contributed by atoms with van der Waals surface area (Å²) < 4.78 is 5.09. The molecule has 0 bridgehead atoms. The molecule has 0 spiro atoms. The van der Waals surface area contributed by atoms with Crippen molar-refractivity contribution < 1.29 is 9.21 Å². The first kappa shape index (κ1) is 12.0. The lowest BCUT2D eigenvalue weighted by molar-refractivity contribution is 0.0995. The van der Waals surface area contributed by atoms with E-state index in [9.17, 15) is 4.79 Å². The number of carbonyl (C=O) groups excluding carboxylic acids is 1. The van der Waals surface area contributed by atoms with Crippen LogP contribution in [0.4, 0.5) is 5.69 Å². The number of nitrogens with one attached hydrogen (secondary N) is 1. The molecular weight excluding hydrogens is 263 g/mol. The number of hydrogen-bond acceptors (Lipinski definition) is 3. The highest BCUT2D eigenvalue weighted by molar-refractivity contribution is 6.42. The molecule has 0 aliphatic carbocycles. The van der Waals surface area contributed by atoms with Gasteiger partial charge in [0.2, 0.25) is 5.76 Å². The minimum absolute atomic E-state index is 0.147. The first-order chi connectivity index (χ1) is 8.06. The number of amides is 1. The quantitative estimate of drug-likeness (QED) is 0.908. The molecular formula is C11H8Cl2N2O2. The normalized spacial score (nSPS) is 10.3. The topological polar surface area (TPSA) is 55.1 Å². The zero-order valence-electron chi connectivity index (χ0n) is 8.83. The molecule has 0 atom stereocenters. The highest BCUT2D eigenvalue weighted by atomic mass is 35.5. The number of aromatic nitrogens is 1. The van der Waals surface area contributed by atoms with Crippen molar-refractivity contribution in [3.63, 3.8) is 0 Å². The van der Waals surface area contributed by atoms with Gasteiger partial charge in [-0.1, -0.05) is 23.2 Å². The molecule has 0 saturated carbocycles. The van der Waals surface area contributed by atoms with Crippen molar-refractivity contribution >= 4 is 34.8 Å². The lowest BCUT2D eigenvalue weighted by atomic mass is 10.3. The van der Waals surface area contributed by atoms with Gasteiger partial charge >= 0.3 is 0 Å². The third kappa shape index (κ3) is 2.78. The largest absolute Gasteiger partial charge is 0.436 e. The molecule has 2 aromatic rings. The summed E-state index contributed by atoms with van der Waals surface area (Å²) in [6, 6.07) is 4.81. The number of oxazole rings is 1. The van der Waals surface area contributed by atoms with Gasteiger partial charge in [0.05, 0.1) is 16.2 Å². The molecule has 6 heteroatoms. The second kappa shape index (κ2) is 4.77. The van der Waals surface area contributed by atoms with Crippen LogP contribution in [0.25, 0.3) is 0 Å². The van der Waals surface area contributed by atoms with Gasteiger partial charge in [-0.15, -0.1) is 0 Å². The van der Waals surface area contributed by atoms with Gasteiger partial charge in [0, 0.05) is 12.6 Å². The molecule has 4 nitrogen and oxygen atoms in total. The fraction of sp³-hybridized carbons (Fsp3) is 0.0909. The predicted molar refractivity (Wildman–Crippen MR) is 65.7 cm³/mol. The van der Waals surface area contributed by atoms with Crippen molar-refractivity contribution in [2.75, 3.05) is 5.32 Å². The van der Waals surface area contributed by atoms with Crippen LogP contribution in [0.1, 0.15) is 16.4 Å². The summed E-state index contributed by atoms with van der Waals surface area (Å²) in [4.78, 5) is 15.5. The third-order valence-corrected chi connectivity index (χ3v) is 2.76. The van der Waals surface area contributed by atoms with E-state index in [2.05, 4.69) is 10.3 Å². The summed E-state index contributed by atoms with van der Waals surface area (Å²) in [7, 11) is 0. The molecule has 1 amide bonds. The minimum Gasteiger partial charge on any atom is -0.436 e. The van der Waals surface area contributed by atoms with Gasteiger partial charge in [-0.2, -0.15) is 0 Å². The van der Waals surface area contributed by atoms with Crippen LogP contribution in [0.15, 0.2) is 28.8 Å². The third-order valence-electron chi connectivity index (χ3n) is 2.02. The van der Waals surface area contributed by atoms with Gasteiger partial charge in [-0.05, 0) is 18.2 Å². The summed E-state index contributed by atoms with van der Waals surface area (Å²) in [6.07, 6.45) is 1.36. The van der Waals surface area contributed by atoms with Crippen LogP contribution in [0.3, 0.4) is 0 Å². The number of carbonyl (C=O) groups is 1. The van der Waals surface area contributed by atoms with Crippen molar-refractivity contribution in [3.8, 4) is 0 Å². The fourth-order valence-corrected chi connectivity index (χ4v) is 1.53. The molecule has 1 aromatic carbocycles. The van der Waals surface area contributed by atoms with Crippen molar-refractivity contribution in [2.24, 2.45) is 0 Å². The number of hydrogen-bond donors (Lipinski definition) is 1. The van der Waals surface area contributed by atoms with Crippen LogP contribution in [0.5, 0.6) is 0 Å². The Morgan fingerprint density at radius 2 is 2.12 bits per heavy atom. The molecule has 2 rings (SSSR count). The van der Waals surface area contributed by atoms with Gasteiger partial charge in [0.25, 0.3) is 5.91 Å². The Morgan fingerprint density at radius 3 is 2.71 bits per heavy atom. The lowest BCUT2D eigenvalue weighted by Crippen LogP contribution is -2.10. The summed E-state index contributed by atoms with van der Waals surface area (Å²) in [5.74, 6) is 0.196. The van der Waals surface area contributed by atoms with Crippen molar-refractivity contribution in [1.29, 1.82) is 0 Å². The van der Waals surface area contributed by atoms with Gasteiger partial charge < -0.3 is 9.73 Å². The van der Waals surface area contributed by atoms with Gasteiger partial charge in [-0.3, -0.25) is 4.79 Å². The first-order valence-corrected chi connectivity index (χ1v) is 5.50. The molecule has 1 heterocycles. The van der Waals surface area contributed by atoms with Crippen molar-refractivity contribution in [2.45, 2.75) is 6.92 Å². The minimum atomic E-state index is -0.385. The van der Waals surface area contributed by atoms with Crippen LogP contribution in [0, 0.1) is 6.92 Å². The van der Waals surface area contributed by atoms with Gasteiger partial charge in [0.1, 0.15) is 0 Å². The Labute approximate surface area is 108 Å². The standard InChI is InChI=1S/C11H8Cl2N2O2/c1-6-14-5-10(17-6)11(16)15-7-2-3-8(12)9(13)4-7/h2-5H,1H3,(H,15,16). The Kier molecular flexibility index (Phi) is 3.36. The summed E-state index contributed by atoms with van der Waals surface area (Å²) in [6.45, 7) is 1.66. The van der Waals surface area contributed by atoms with E-state index in [0.29, 0.717) is 21.6 Å². The average molecular weight is 271 g/mol. The highest BCUT2D eigenvalue weighted by Crippen LogP contribution is 2.25. The molecule has 1 N–H and O–H groups in total. The van der Waals surface area contributed by atoms with Crippen LogP contribution >= 0.6 is 23.2 Å². The molecule has 0 aliphatic heterocycles. The molecule has 0 aliphatic rings. The fourth-order valence-electron chi connectivity index (χ4n) is 1.23. The van der Waals surface area contributed by atoms with E-state index in [-0.39, 0.29) is 11.7 Å². The number of nitrogens with zero attached hydrogens (tertiary/aromatic N) is 1. The first-order valence-electron chi connectivity index (χ1n) is 4.75. The van der Waals surface area contributed by atoms with E-state index in [4.69, 9.17) is 27.6 Å². The highest BCUT2D eigenvalue weighted by Gasteiger charge is 2.11. The second-order valence-electron chi connectivity index (χ2n) is 3.33. The SMILES string of the molecule is Cc1ncc(C(=O)Nc2ccc(Cl)c(Cl)c2)o1. The molecule has 0 unspecified atom stereocenters. The summed E-state index contributed by atoms with van der Waals surface area (Å²) >= 11 is 11.6.